The summed E-state index contributed by atoms with van der Waals surface area (Å²) in [5.41, 5.74) is 0. The van der Waals surface area contributed by atoms with Crippen LogP contribution in [0.2, 0.25) is 0 Å². The van der Waals surface area contributed by atoms with Gasteiger partial charge in [-0.05, 0) is 19.3 Å². The van der Waals surface area contributed by atoms with Gasteiger partial charge in [0.05, 0.1) is 6.26 Å². The maximum atomic E-state index is 11.6. The van der Waals surface area contributed by atoms with Crippen molar-refractivity contribution in [1.82, 2.24) is 13.7 Å². The number of rotatable bonds is 4. The molecule has 2 heterocycles. The average Bonchev–Trinajstić information content (AvgIpc) is 3.17. The fraction of sp³-hybridized carbons (Fsp3) is 0.846. The first-order chi connectivity index (χ1) is 9.95. The molecule has 0 radical (unpaired) electrons. The summed E-state index contributed by atoms with van der Waals surface area (Å²) in [5, 5.41) is 0.914. The van der Waals surface area contributed by atoms with Crippen molar-refractivity contribution in [3.63, 3.8) is 0 Å². The predicted molar refractivity (Wildman–Crippen MR) is 84.3 cm³/mol. The maximum Gasteiger partial charge on any atom is 0.211 e. The van der Waals surface area contributed by atoms with Crippen molar-refractivity contribution in [3.8, 4) is 0 Å². The van der Waals surface area contributed by atoms with Gasteiger partial charge in [-0.25, -0.2) is 17.7 Å². The third-order valence-electron chi connectivity index (χ3n) is 4.60. The molecule has 0 aromatic carbocycles. The van der Waals surface area contributed by atoms with E-state index in [0.29, 0.717) is 19.0 Å². The van der Waals surface area contributed by atoms with E-state index in [-0.39, 0.29) is 6.04 Å². The Kier molecular flexibility index (Phi) is 4.20. The van der Waals surface area contributed by atoms with Gasteiger partial charge in [0.15, 0.2) is 0 Å². The molecule has 2 aliphatic rings. The van der Waals surface area contributed by atoms with E-state index in [1.165, 1.54) is 43.5 Å². The van der Waals surface area contributed by atoms with Crippen molar-refractivity contribution >= 4 is 26.7 Å². The average molecular weight is 330 g/mol. The van der Waals surface area contributed by atoms with Gasteiger partial charge in [0.1, 0.15) is 5.82 Å². The third kappa shape index (κ3) is 3.22. The lowest BCUT2D eigenvalue weighted by molar-refractivity contribution is 0.476. The van der Waals surface area contributed by atoms with E-state index in [2.05, 4.69) is 14.3 Å². The standard InChI is InChI=1S/C13H22N4O2S2/c1-16(11-7-8-17(9-11)21(2,18)19)13-14-12(15-20-13)10-5-3-4-6-10/h10-11H,3-9H2,1-2H3. The van der Waals surface area contributed by atoms with Crippen LogP contribution in [0.4, 0.5) is 5.13 Å². The topological polar surface area (TPSA) is 66.4 Å². The molecule has 1 atom stereocenters. The SMILES string of the molecule is CN(c1nc(C2CCCC2)ns1)C1CCN(S(C)(=O)=O)C1. The first kappa shape index (κ1) is 15.2. The van der Waals surface area contributed by atoms with Crippen LogP contribution in [0.15, 0.2) is 0 Å². The van der Waals surface area contributed by atoms with Crippen LogP contribution in [0.1, 0.15) is 43.8 Å². The summed E-state index contributed by atoms with van der Waals surface area (Å²) in [6.45, 7) is 1.15. The molecule has 8 heteroatoms. The molecular formula is C13H22N4O2S2. The first-order valence-electron chi connectivity index (χ1n) is 7.46. The fourth-order valence-corrected chi connectivity index (χ4v) is 4.86. The van der Waals surface area contributed by atoms with E-state index in [1.54, 1.807) is 4.31 Å². The van der Waals surface area contributed by atoms with Crippen molar-refractivity contribution in [2.75, 3.05) is 31.3 Å². The predicted octanol–water partition coefficient (Wildman–Crippen LogP) is 1.67. The van der Waals surface area contributed by atoms with Crippen molar-refractivity contribution < 1.29 is 8.42 Å². The number of likely N-dealkylation sites (N-methyl/N-ethyl adjacent to an activating group) is 1. The minimum Gasteiger partial charge on any atom is -0.346 e. The molecule has 21 heavy (non-hydrogen) atoms. The maximum absolute atomic E-state index is 11.6. The molecule has 0 bridgehead atoms. The minimum atomic E-state index is -3.09. The van der Waals surface area contributed by atoms with E-state index < -0.39 is 10.0 Å². The first-order valence-corrected chi connectivity index (χ1v) is 10.1. The highest BCUT2D eigenvalue weighted by Crippen LogP contribution is 2.34. The van der Waals surface area contributed by atoms with Gasteiger partial charge < -0.3 is 4.90 Å². The summed E-state index contributed by atoms with van der Waals surface area (Å²) in [7, 11) is -1.09. The summed E-state index contributed by atoms with van der Waals surface area (Å²) in [4.78, 5) is 6.79. The van der Waals surface area contributed by atoms with E-state index in [1.807, 2.05) is 7.05 Å². The van der Waals surface area contributed by atoms with Crippen LogP contribution in [-0.2, 0) is 10.0 Å². The monoisotopic (exact) mass is 330 g/mol. The third-order valence-corrected chi connectivity index (χ3v) is 6.69. The second-order valence-corrected chi connectivity index (χ2v) is 8.80. The Morgan fingerprint density at radius 3 is 2.62 bits per heavy atom. The van der Waals surface area contributed by atoms with Crippen LogP contribution in [0.5, 0.6) is 0 Å². The zero-order valence-corrected chi connectivity index (χ0v) is 14.2. The number of sulfonamides is 1. The molecule has 1 unspecified atom stereocenters. The molecule has 2 fully saturated rings. The minimum absolute atomic E-state index is 0.198. The Morgan fingerprint density at radius 2 is 2.00 bits per heavy atom. The van der Waals surface area contributed by atoms with Crippen LogP contribution in [0.25, 0.3) is 0 Å². The van der Waals surface area contributed by atoms with Crippen LogP contribution < -0.4 is 4.90 Å². The lowest BCUT2D eigenvalue weighted by Gasteiger charge is -2.23. The largest absolute Gasteiger partial charge is 0.346 e. The Hall–Kier alpha value is -0.730. The van der Waals surface area contributed by atoms with Crippen molar-refractivity contribution in [2.45, 2.75) is 44.1 Å². The summed E-state index contributed by atoms with van der Waals surface area (Å²) in [6.07, 6.45) is 7.08. The molecule has 1 saturated carbocycles. The number of nitrogens with zero attached hydrogens (tertiary/aromatic N) is 4. The molecule has 0 amide bonds. The zero-order chi connectivity index (χ0) is 15.0. The normalized spacial score (nSPS) is 24.8. The van der Waals surface area contributed by atoms with Gasteiger partial charge >= 0.3 is 0 Å². The number of anilines is 1. The van der Waals surface area contributed by atoms with Gasteiger partial charge in [-0.3, -0.25) is 0 Å². The lowest BCUT2D eigenvalue weighted by Crippen LogP contribution is -2.36. The molecule has 6 nitrogen and oxygen atoms in total. The van der Waals surface area contributed by atoms with Gasteiger partial charge in [-0.1, -0.05) is 12.8 Å². The molecule has 0 N–H and O–H groups in total. The van der Waals surface area contributed by atoms with Crippen molar-refractivity contribution in [1.29, 1.82) is 0 Å². The molecule has 1 aromatic rings. The lowest BCUT2D eigenvalue weighted by atomic mass is 10.1. The Bertz CT molecular complexity index is 595. The van der Waals surface area contributed by atoms with Gasteiger partial charge in [-0.2, -0.15) is 4.37 Å². The van der Waals surface area contributed by atoms with E-state index in [4.69, 9.17) is 0 Å². The zero-order valence-electron chi connectivity index (χ0n) is 12.5. The fourth-order valence-electron chi connectivity index (χ4n) is 3.20. The number of aromatic nitrogens is 2. The van der Waals surface area contributed by atoms with Gasteiger partial charge in [0.2, 0.25) is 15.2 Å². The Balaban J connectivity index is 1.67. The number of hydrogen-bond acceptors (Lipinski definition) is 6. The molecule has 1 aliphatic heterocycles. The summed E-state index contributed by atoms with van der Waals surface area (Å²) >= 11 is 1.44. The molecule has 118 valence electrons. The van der Waals surface area contributed by atoms with Crippen LogP contribution >= 0.6 is 11.5 Å². The van der Waals surface area contributed by atoms with Crippen LogP contribution in [0, 0.1) is 0 Å². The van der Waals surface area contributed by atoms with Crippen LogP contribution in [-0.4, -0.2) is 54.5 Å². The molecule has 0 spiro atoms. The second kappa shape index (κ2) is 5.81. The smallest absolute Gasteiger partial charge is 0.211 e. The molecule has 1 aliphatic carbocycles. The quantitative estimate of drug-likeness (QED) is 0.840. The molecular weight excluding hydrogens is 308 g/mol. The summed E-state index contributed by atoms with van der Waals surface area (Å²) in [6, 6.07) is 0.198. The van der Waals surface area contributed by atoms with Gasteiger partial charge in [0, 0.05) is 43.6 Å². The van der Waals surface area contributed by atoms with Crippen molar-refractivity contribution in [3.05, 3.63) is 5.82 Å². The Morgan fingerprint density at radius 1 is 1.29 bits per heavy atom. The van der Waals surface area contributed by atoms with Gasteiger partial charge in [0.25, 0.3) is 0 Å². The van der Waals surface area contributed by atoms with Crippen molar-refractivity contribution in [2.24, 2.45) is 0 Å². The van der Waals surface area contributed by atoms with E-state index >= 15 is 0 Å². The van der Waals surface area contributed by atoms with Gasteiger partial charge in [-0.15, -0.1) is 0 Å². The van der Waals surface area contributed by atoms with Crippen LogP contribution in [0.3, 0.4) is 0 Å². The number of hydrogen-bond donors (Lipinski definition) is 0. The summed E-state index contributed by atoms with van der Waals surface area (Å²) < 4.78 is 29.3. The summed E-state index contributed by atoms with van der Waals surface area (Å²) in [5.74, 6) is 1.51. The second-order valence-electron chi connectivity index (χ2n) is 6.09. The highest BCUT2D eigenvalue weighted by atomic mass is 32.2. The Labute approximate surface area is 130 Å². The van der Waals surface area contributed by atoms with E-state index in [0.717, 1.165) is 17.4 Å². The molecule has 3 rings (SSSR count). The highest BCUT2D eigenvalue weighted by molar-refractivity contribution is 7.88. The molecule has 1 saturated heterocycles. The molecule has 1 aromatic heterocycles. The highest BCUT2D eigenvalue weighted by Gasteiger charge is 2.32. The van der Waals surface area contributed by atoms with E-state index in [9.17, 15) is 8.42 Å².